The van der Waals surface area contributed by atoms with Crippen molar-refractivity contribution in [3.8, 4) is 0 Å². The highest BCUT2D eigenvalue weighted by molar-refractivity contribution is 8.19. The fourth-order valence-corrected chi connectivity index (χ4v) is 2.12. The average Bonchev–Trinajstić information content (AvgIpc) is 2.60. The number of carboxylic acid groups (broad SMARTS) is 1. The number of hydrogen-bond acceptors (Lipinski definition) is 3. The highest BCUT2D eigenvalue weighted by atomic mass is 32.2. The number of hydrogen-bond donors (Lipinski definition) is 1. The van der Waals surface area contributed by atoms with E-state index in [2.05, 4.69) is 4.99 Å². The number of carboxylic acids is 1. The molecule has 0 atom stereocenters. The minimum atomic E-state index is -1.20. The SMILES string of the molecule is O=C(O)/C=C1/SC(c2ccc(F)cc2)=NC1=O. The van der Waals surface area contributed by atoms with Crippen LogP contribution in [-0.4, -0.2) is 22.0 Å². The summed E-state index contributed by atoms with van der Waals surface area (Å²) in [5, 5.41) is 8.92. The molecular formula is C11H6FNO3S. The molecule has 0 saturated heterocycles. The molecule has 0 fully saturated rings. The average molecular weight is 251 g/mol. The molecule has 1 aliphatic rings. The van der Waals surface area contributed by atoms with Gasteiger partial charge in [-0.25, -0.2) is 14.2 Å². The van der Waals surface area contributed by atoms with E-state index in [-0.39, 0.29) is 10.7 Å². The number of benzene rings is 1. The Hall–Kier alpha value is -1.95. The molecule has 0 aromatic heterocycles. The fraction of sp³-hybridized carbons (Fsp3) is 0. The van der Waals surface area contributed by atoms with Crippen molar-refractivity contribution in [1.82, 2.24) is 0 Å². The first kappa shape index (κ1) is 11.5. The number of aliphatic carboxylic acids is 1. The van der Waals surface area contributed by atoms with Crippen LogP contribution in [0.15, 0.2) is 40.2 Å². The second kappa shape index (κ2) is 4.50. The second-order valence-corrected chi connectivity index (χ2v) is 4.21. The Labute approximate surface area is 99.9 Å². The summed E-state index contributed by atoms with van der Waals surface area (Å²) in [6, 6.07) is 5.47. The maximum absolute atomic E-state index is 12.7. The smallest absolute Gasteiger partial charge is 0.329 e. The molecule has 0 saturated carbocycles. The van der Waals surface area contributed by atoms with E-state index in [0.29, 0.717) is 10.6 Å². The Morgan fingerprint density at radius 3 is 2.59 bits per heavy atom. The van der Waals surface area contributed by atoms with Crippen LogP contribution in [0.3, 0.4) is 0 Å². The van der Waals surface area contributed by atoms with Crippen LogP contribution >= 0.6 is 11.8 Å². The Morgan fingerprint density at radius 2 is 2.00 bits per heavy atom. The Kier molecular flexibility index (Phi) is 3.06. The summed E-state index contributed by atoms with van der Waals surface area (Å²) in [5.41, 5.74) is 0.582. The highest BCUT2D eigenvalue weighted by Gasteiger charge is 2.23. The summed E-state index contributed by atoms with van der Waals surface area (Å²) in [6.07, 6.45) is 0.813. The first-order valence-electron chi connectivity index (χ1n) is 4.58. The van der Waals surface area contributed by atoms with Gasteiger partial charge in [0.15, 0.2) is 0 Å². The van der Waals surface area contributed by atoms with Gasteiger partial charge in [-0.3, -0.25) is 4.79 Å². The standard InChI is InChI=1S/C11H6FNO3S/c12-7-3-1-6(2-4-7)11-13-10(16)8(17-11)5-9(14)15/h1-5H,(H,14,15)/b8-5+. The van der Waals surface area contributed by atoms with Crippen molar-refractivity contribution >= 4 is 28.7 Å². The number of carbonyl (C=O) groups is 2. The lowest BCUT2D eigenvalue weighted by Gasteiger charge is -1.97. The third kappa shape index (κ3) is 2.59. The third-order valence-electron chi connectivity index (χ3n) is 1.97. The predicted octanol–water partition coefficient (Wildman–Crippen LogP) is 1.81. The van der Waals surface area contributed by atoms with Crippen molar-refractivity contribution in [3.05, 3.63) is 46.6 Å². The molecule has 0 radical (unpaired) electrons. The van der Waals surface area contributed by atoms with Crippen LogP contribution < -0.4 is 0 Å². The Balaban J connectivity index is 2.27. The van der Waals surface area contributed by atoms with E-state index in [9.17, 15) is 14.0 Å². The molecule has 6 heteroatoms. The van der Waals surface area contributed by atoms with Crippen LogP contribution in [0, 0.1) is 5.82 Å². The summed E-state index contributed by atoms with van der Waals surface area (Å²) in [6.45, 7) is 0. The first-order chi connectivity index (χ1) is 8.06. The van der Waals surface area contributed by atoms with Crippen molar-refractivity contribution < 1.29 is 19.1 Å². The number of halogens is 1. The lowest BCUT2D eigenvalue weighted by atomic mass is 10.2. The molecule has 17 heavy (non-hydrogen) atoms. The van der Waals surface area contributed by atoms with E-state index in [1.807, 2.05) is 0 Å². The predicted molar refractivity (Wildman–Crippen MR) is 61.3 cm³/mol. The summed E-state index contributed by atoms with van der Waals surface area (Å²) in [5.74, 6) is -2.17. The largest absolute Gasteiger partial charge is 0.478 e. The summed E-state index contributed by atoms with van der Waals surface area (Å²) < 4.78 is 12.7. The summed E-state index contributed by atoms with van der Waals surface area (Å²) in [7, 11) is 0. The summed E-state index contributed by atoms with van der Waals surface area (Å²) >= 11 is 0.964. The van der Waals surface area contributed by atoms with Crippen LogP contribution in [-0.2, 0) is 9.59 Å². The van der Waals surface area contributed by atoms with Gasteiger partial charge < -0.3 is 5.11 Å². The molecule has 1 N–H and O–H groups in total. The van der Waals surface area contributed by atoms with Gasteiger partial charge in [0.1, 0.15) is 10.9 Å². The molecule has 0 spiro atoms. The number of amides is 1. The quantitative estimate of drug-likeness (QED) is 0.814. The maximum atomic E-state index is 12.7. The number of rotatable bonds is 2. The molecule has 1 amide bonds. The minimum absolute atomic E-state index is 0.0526. The van der Waals surface area contributed by atoms with E-state index in [1.165, 1.54) is 24.3 Å². The minimum Gasteiger partial charge on any atom is -0.478 e. The lowest BCUT2D eigenvalue weighted by molar-refractivity contribution is -0.131. The molecule has 86 valence electrons. The van der Waals surface area contributed by atoms with E-state index in [0.717, 1.165) is 17.8 Å². The van der Waals surface area contributed by atoms with E-state index < -0.39 is 11.9 Å². The molecular weight excluding hydrogens is 245 g/mol. The van der Waals surface area contributed by atoms with Crippen molar-refractivity contribution in [1.29, 1.82) is 0 Å². The molecule has 4 nitrogen and oxygen atoms in total. The molecule has 0 bridgehead atoms. The summed E-state index contributed by atoms with van der Waals surface area (Å²) in [4.78, 5) is 25.6. The second-order valence-electron chi connectivity index (χ2n) is 3.18. The van der Waals surface area contributed by atoms with Crippen LogP contribution in [0.5, 0.6) is 0 Å². The Morgan fingerprint density at radius 1 is 1.35 bits per heavy atom. The van der Waals surface area contributed by atoms with Gasteiger partial charge >= 0.3 is 5.97 Å². The molecule has 2 rings (SSSR count). The van der Waals surface area contributed by atoms with Gasteiger partial charge in [-0.2, -0.15) is 0 Å². The lowest BCUT2D eigenvalue weighted by Crippen LogP contribution is -1.94. The van der Waals surface area contributed by atoms with Gasteiger partial charge in [-0.15, -0.1) is 0 Å². The zero-order chi connectivity index (χ0) is 12.4. The molecule has 1 heterocycles. The normalized spacial score (nSPS) is 17.4. The number of aliphatic imine (C=N–C) groups is 1. The van der Waals surface area contributed by atoms with Crippen LogP contribution in [0.25, 0.3) is 0 Å². The Bertz CT molecular complexity index is 548. The van der Waals surface area contributed by atoms with Gasteiger partial charge in [-0.1, -0.05) is 11.8 Å². The molecule has 0 unspecified atom stereocenters. The molecule has 0 aliphatic carbocycles. The molecule has 1 aromatic rings. The van der Waals surface area contributed by atoms with Crippen molar-refractivity contribution in [2.75, 3.05) is 0 Å². The monoisotopic (exact) mass is 251 g/mol. The van der Waals surface area contributed by atoms with Gasteiger partial charge in [-0.05, 0) is 24.3 Å². The van der Waals surface area contributed by atoms with Crippen molar-refractivity contribution in [2.45, 2.75) is 0 Å². The highest BCUT2D eigenvalue weighted by Crippen LogP contribution is 2.29. The number of carbonyl (C=O) groups excluding carboxylic acids is 1. The topological polar surface area (TPSA) is 66.7 Å². The van der Waals surface area contributed by atoms with Crippen molar-refractivity contribution in [2.24, 2.45) is 4.99 Å². The van der Waals surface area contributed by atoms with Gasteiger partial charge in [0.25, 0.3) is 5.91 Å². The number of nitrogens with zero attached hydrogens (tertiary/aromatic N) is 1. The van der Waals surface area contributed by atoms with Crippen LogP contribution in [0.1, 0.15) is 5.56 Å². The van der Waals surface area contributed by atoms with Crippen molar-refractivity contribution in [3.63, 3.8) is 0 Å². The first-order valence-corrected chi connectivity index (χ1v) is 5.39. The van der Waals surface area contributed by atoms with E-state index in [4.69, 9.17) is 5.11 Å². The van der Waals surface area contributed by atoms with E-state index >= 15 is 0 Å². The zero-order valence-corrected chi connectivity index (χ0v) is 9.20. The van der Waals surface area contributed by atoms with Crippen LogP contribution in [0.2, 0.25) is 0 Å². The zero-order valence-electron chi connectivity index (χ0n) is 8.38. The van der Waals surface area contributed by atoms with Crippen LogP contribution in [0.4, 0.5) is 4.39 Å². The molecule has 1 aromatic carbocycles. The van der Waals surface area contributed by atoms with E-state index in [1.54, 1.807) is 0 Å². The maximum Gasteiger partial charge on any atom is 0.329 e. The van der Waals surface area contributed by atoms with Gasteiger partial charge in [0, 0.05) is 11.6 Å². The number of thioether (sulfide) groups is 1. The van der Waals surface area contributed by atoms with Gasteiger partial charge in [0.2, 0.25) is 0 Å². The van der Waals surface area contributed by atoms with Gasteiger partial charge in [0.05, 0.1) is 4.91 Å². The fourth-order valence-electron chi connectivity index (χ4n) is 1.24. The molecule has 1 aliphatic heterocycles. The third-order valence-corrected chi connectivity index (χ3v) is 3.00.